The predicted molar refractivity (Wildman–Crippen MR) is 112 cm³/mol. The molecule has 1 aliphatic rings. The number of H-pyrrole nitrogens is 1. The summed E-state index contributed by atoms with van der Waals surface area (Å²) in [6, 6.07) is 9.33. The van der Waals surface area contributed by atoms with Crippen molar-refractivity contribution in [3.63, 3.8) is 0 Å². The normalized spacial score (nSPS) is 15.2. The quantitative estimate of drug-likeness (QED) is 0.541. The van der Waals surface area contributed by atoms with Gasteiger partial charge in [-0.15, -0.1) is 11.3 Å². The Bertz CT molecular complexity index is 1200. The lowest BCUT2D eigenvalue weighted by Gasteiger charge is -2.32. The third-order valence-electron chi connectivity index (χ3n) is 5.34. The number of nitrogens with one attached hydrogen (secondary N) is 1. The number of fused-ring (bicyclic) bond motifs is 1. The Morgan fingerprint density at radius 3 is 2.79 bits per heavy atom. The summed E-state index contributed by atoms with van der Waals surface area (Å²) in [5.74, 6) is 1.18. The molecule has 0 atom stereocenters. The van der Waals surface area contributed by atoms with Gasteiger partial charge in [0.1, 0.15) is 21.9 Å². The number of nitrogens with zero attached hydrogens (tertiary/aromatic N) is 5. The molecule has 0 aliphatic carbocycles. The third kappa shape index (κ3) is 3.49. The van der Waals surface area contributed by atoms with Crippen LogP contribution in [0.2, 0.25) is 0 Å². The van der Waals surface area contributed by atoms with E-state index in [1.165, 1.54) is 11.3 Å². The van der Waals surface area contributed by atoms with Crippen molar-refractivity contribution in [3.05, 3.63) is 57.6 Å². The first kappa shape index (κ1) is 18.2. The molecule has 4 heterocycles. The van der Waals surface area contributed by atoms with Crippen LogP contribution in [-0.2, 0) is 6.42 Å². The minimum absolute atomic E-state index is 0.0358. The molecule has 10 heteroatoms. The summed E-state index contributed by atoms with van der Waals surface area (Å²) in [5, 5.41) is 9.62. The topological polar surface area (TPSA) is 96.8 Å². The molecule has 1 saturated heterocycles. The van der Waals surface area contributed by atoms with E-state index in [0.717, 1.165) is 52.8 Å². The van der Waals surface area contributed by atoms with E-state index in [2.05, 4.69) is 18.9 Å². The second-order valence-electron chi connectivity index (χ2n) is 7.14. The fourth-order valence-corrected chi connectivity index (χ4v) is 5.05. The van der Waals surface area contributed by atoms with Crippen LogP contribution in [0.4, 0.5) is 0 Å². The number of rotatable bonds is 4. The molecule has 0 bridgehead atoms. The number of carbonyl (C=O) groups excluding carboxylic acids is 1. The zero-order chi connectivity index (χ0) is 19.8. The highest BCUT2D eigenvalue weighted by Gasteiger charge is 2.26. The van der Waals surface area contributed by atoms with Gasteiger partial charge in [0.2, 0.25) is 0 Å². The van der Waals surface area contributed by atoms with Crippen LogP contribution in [0.1, 0.15) is 29.0 Å². The van der Waals surface area contributed by atoms with Gasteiger partial charge in [0.15, 0.2) is 0 Å². The van der Waals surface area contributed by atoms with Gasteiger partial charge in [0.05, 0.1) is 11.7 Å². The molecule has 4 aromatic rings. The van der Waals surface area contributed by atoms with E-state index in [-0.39, 0.29) is 11.6 Å². The standard InChI is InChI=1S/C19H18N6O2S2/c26-18(13-3-4-14-15(11-13)23-29-22-14)24-7-5-12(6-8-24)10-16-20-21-19(27)25(16)17-2-1-9-28-17/h1-4,9,11-12H,5-8,10H2,(H,21,27). The lowest BCUT2D eigenvalue weighted by atomic mass is 9.93. The third-order valence-corrected chi connectivity index (χ3v) is 6.75. The summed E-state index contributed by atoms with van der Waals surface area (Å²) >= 11 is 2.67. The molecule has 8 nitrogen and oxygen atoms in total. The maximum absolute atomic E-state index is 12.9. The van der Waals surface area contributed by atoms with Crippen LogP contribution in [-0.4, -0.2) is 47.4 Å². The number of hydrogen-bond donors (Lipinski definition) is 1. The van der Waals surface area contributed by atoms with Crippen molar-refractivity contribution in [1.82, 2.24) is 28.4 Å². The van der Waals surface area contributed by atoms with Crippen molar-refractivity contribution in [1.29, 1.82) is 0 Å². The Labute approximate surface area is 174 Å². The Morgan fingerprint density at radius 1 is 1.17 bits per heavy atom. The number of aromatic nitrogens is 5. The van der Waals surface area contributed by atoms with E-state index in [1.54, 1.807) is 4.57 Å². The first-order chi connectivity index (χ1) is 14.2. The molecule has 29 heavy (non-hydrogen) atoms. The van der Waals surface area contributed by atoms with Crippen LogP contribution in [0, 0.1) is 5.92 Å². The van der Waals surface area contributed by atoms with Crippen LogP contribution in [0.25, 0.3) is 16.0 Å². The van der Waals surface area contributed by atoms with E-state index in [4.69, 9.17) is 0 Å². The summed E-state index contributed by atoms with van der Waals surface area (Å²) in [5.41, 5.74) is 2.03. The van der Waals surface area contributed by atoms with Crippen molar-refractivity contribution in [2.24, 2.45) is 5.92 Å². The van der Waals surface area contributed by atoms with E-state index in [9.17, 15) is 9.59 Å². The van der Waals surface area contributed by atoms with E-state index >= 15 is 0 Å². The van der Waals surface area contributed by atoms with Crippen LogP contribution in [0.3, 0.4) is 0 Å². The summed E-state index contributed by atoms with van der Waals surface area (Å²) in [6.45, 7) is 1.40. The molecule has 1 aromatic carbocycles. The molecule has 5 rings (SSSR count). The number of amides is 1. The maximum atomic E-state index is 12.9. The lowest BCUT2D eigenvalue weighted by Crippen LogP contribution is -2.39. The van der Waals surface area contributed by atoms with Crippen LogP contribution in [0.15, 0.2) is 40.5 Å². The Kier molecular flexibility index (Phi) is 4.72. The Morgan fingerprint density at radius 2 is 2.00 bits per heavy atom. The second kappa shape index (κ2) is 7.53. The van der Waals surface area contributed by atoms with Crippen LogP contribution in [0.5, 0.6) is 0 Å². The number of aromatic amines is 1. The van der Waals surface area contributed by atoms with Gasteiger partial charge < -0.3 is 4.90 Å². The highest BCUT2D eigenvalue weighted by molar-refractivity contribution is 7.12. The molecular formula is C19H18N6O2S2. The molecule has 1 N–H and O–H groups in total. The summed E-state index contributed by atoms with van der Waals surface area (Å²) in [7, 11) is 0. The minimum Gasteiger partial charge on any atom is -0.339 e. The van der Waals surface area contributed by atoms with Gasteiger partial charge >= 0.3 is 5.69 Å². The zero-order valence-electron chi connectivity index (χ0n) is 15.4. The van der Waals surface area contributed by atoms with Gasteiger partial charge in [-0.1, -0.05) is 0 Å². The number of benzene rings is 1. The van der Waals surface area contributed by atoms with Crippen molar-refractivity contribution in [2.75, 3.05) is 13.1 Å². The number of thiophene rings is 1. The Balaban J connectivity index is 1.25. The average molecular weight is 427 g/mol. The smallest absolute Gasteiger partial charge is 0.339 e. The van der Waals surface area contributed by atoms with E-state index in [1.807, 2.05) is 40.6 Å². The maximum Gasteiger partial charge on any atom is 0.348 e. The first-order valence-corrected chi connectivity index (χ1v) is 11.0. The molecule has 3 aromatic heterocycles. The minimum atomic E-state index is -0.206. The molecule has 148 valence electrons. The summed E-state index contributed by atoms with van der Waals surface area (Å²) in [6.07, 6.45) is 2.49. The molecular weight excluding hydrogens is 408 g/mol. The fraction of sp³-hybridized carbons (Fsp3) is 0.316. The van der Waals surface area contributed by atoms with Gasteiger partial charge in [0, 0.05) is 25.1 Å². The summed E-state index contributed by atoms with van der Waals surface area (Å²) in [4.78, 5) is 26.9. The number of piperidine rings is 1. The van der Waals surface area contributed by atoms with Gasteiger partial charge in [-0.25, -0.2) is 14.5 Å². The molecule has 1 amide bonds. The highest BCUT2D eigenvalue weighted by atomic mass is 32.1. The molecule has 0 saturated carbocycles. The van der Waals surface area contributed by atoms with Crippen LogP contribution >= 0.6 is 23.1 Å². The Hall–Kier alpha value is -2.85. The van der Waals surface area contributed by atoms with Gasteiger partial charge in [-0.2, -0.15) is 13.8 Å². The van der Waals surface area contributed by atoms with Crippen molar-refractivity contribution in [2.45, 2.75) is 19.3 Å². The number of carbonyl (C=O) groups is 1. The number of hydrogen-bond acceptors (Lipinski definition) is 7. The average Bonchev–Trinajstić information content (AvgIpc) is 3.49. The molecule has 1 fully saturated rings. The van der Waals surface area contributed by atoms with Gasteiger partial charge in [-0.05, 0) is 54.5 Å². The lowest BCUT2D eigenvalue weighted by molar-refractivity contribution is 0.0690. The van der Waals surface area contributed by atoms with Crippen molar-refractivity contribution < 1.29 is 4.79 Å². The molecule has 0 spiro atoms. The van der Waals surface area contributed by atoms with E-state index in [0.29, 0.717) is 24.6 Å². The SMILES string of the molecule is O=C(c1ccc2nsnc2c1)N1CCC(Cc2n[nH]c(=O)n2-c2cccs2)CC1. The largest absolute Gasteiger partial charge is 0.348 e. The van der Waals surface area contributed by atoms with Crippen LogP contribution < -0.4 is 5.69 Å². The van der Waals surface area contributed by atoms with Gasteiger partial charge in [0.25, 0.3) is 5.91 Å². The zero-order valence-corrected chi connectivity index (χ0v) is 17.1. The highest BCUT2D eigenvalue weighted by Crippen LogP contribution is 2.24. The molecule has 0 radical (unpaired) electrons. The fourth-order valence-electron chi connectivity index (χ4n) is 3.79. The first-order valence-electron chi connectivity index (χ1n) is 9.41. The monoisotopic (exact) mass is 426 g/mol. The van der Waals surface area contributed by atoms with Crippen molar-refractivity contribution >= 4 is 40.0 Å². The second-order valence-corrected chi connectivity index (χ2v) is 8.59. The van der Waals surface area contributed by atoms with Gasteiger partial charge in [-0.3, -0.25) is 4.79 Å². The molecule has 0 unspecified atom stereocenters. The number of likely N-dealkylation sites (tertiary alicyclic amines) is 1. The summed E-state index contributed by atoms with van der Waals surface area (Å²) < 4.78 is 10.1. The van der Waals surface area contributed by atoms with Crippen molar-refractivity contribution in [3.8, 4) is 5.00 Å². The van der Waals surface area contributed by atoms with E-state index < -0.39 is 0 Å². The molecule has 1 aliphatic heterocycles. The predicted octanol–water partition coefficient (Wildman–Crippen LogP) is 2.72.